The van der Waals surface area contributed by atoms with Gasteiger partial charge in [-0.1, -0.05) is 17.7 Å². The lowest BCUT2D eigenvalue weighted by Gasteiger charge is -2.11. The molecule has 0 aliphatic carbocycles. The first-order chi connectivity index (χ1) is 7.84. The maximum absolute atomic E-state index is 11.1. The van der Waals surface area contributed by atoms with Gasteiger partial charge in [0, 0.05) is 10.7 Å². The normalized spacial score (nSPS) is 13.4. The van der Waals surface area contributed by atoms with E-state index in [2.05, 4.69) is 0 Å². The minimum absolute atomic E-state index is 0.492. The molecule has 0 N–H and O–H groups in total. The molecule has 5 heteroatoms. The summed E-state index contributed by atoms with van der Waals surface area (Å²) in [5.41, 5.74) is 2.14. The first kappa shape index (κ1) is 14.3. The second-order valence-electron chi connectivity index (χ2n) is 4.14. The van der Waals surface area contributed by atoms with Crippen molar-refractivity contribution in [3.8, 4) is 5.75 Å². The molecule has 3 nitrogen and oxygen atoms in total. The summed E-state index contributed by atoms with van der Waals surface area (Å²) in [6.45, 7) is 3.61. The Balaban J connectivity index is 2.78. The average molecular weight is 277 g/mol. The number of halogens is 1. The van der Waals surface area contributed by atoms with Gasteiger partial charge < -0.3 is 4.74 Å². The second-order valence-corrected chi connectivity index (χ2v) is 7.19. The van der Waals surface area contributed by atoms with E-state index in [1.165, 1.54) is 0 Å². The molecule has 0 aromatic heterocycles. The van der Waals surface area contributed by atoms with Crippen molar-refractivity contribution in [3.05, 3.63) is 29.3 Å². The number of methoxy groups -OCH3 is 1. The zero-order valence-electron chi connectivity index (χ0n) is 10.2. The van der Waals surface area contributed by atoms with Crippen LogP contribution >= 0.6 is 10.7 Å². The second kappa shape index (κ2) is 5.74. The Hall–Kier alpha value is -0.740. The number of ether oxygens (including phenoxy) is 1. The maximum atomic E-state index is 11.1. The predicted molar refractivity (Wildman–Crippen MR) is 70.3 cm³/mol. The van der Waals surface area contributed by atoms with E-state index < -0.39 is 14.3 Å². The van der Waals surface area contributed by atoms with Gasteiger partial charge in [0.05, 0.1) is 12.4 Å². The highest BCUT2D eigenvalue weighted by atomic mass is 35.7. The fourth-order valence-corrected chi connectivity index (χ4v) is 2.27. The van der Waals surface area contributed by atoms with Crippen molar-refractivity contribution in [1.82, 2.24) is 0 Å². The van der Waals surface area contributed by atoms with E-state index in [9.17, 15) is 8.42 Å². The Bertz CT molecular complexity index is 483. The third kappa shape index (κ3) is 4.21. The smallest absolute Gasteiger partial charge is 0.235 e. The van der Waals surface area contributed by atoms with Crippen LogP contribution in [-0.2, 0) is 15.5 Å². The van der Waals surface area contributed by atoms with Crippen molar-refractivity contribution in [2.75, 3.05) is 7.11 Å². The number of hydrogen-bond donors (Lipinski definition) is 0. The molecule has 0 radical (unpaired) electrons. The molecular weight excluding hydrogens is 260 g/mol. The van der Waals surface area contributed by atoms with Crippen molar-refractivity contribution in [1.29, 1.82) is 0 Å². The first-order valence-corrected chi connectivity index (χ1v) is 7.79. The van der Waals surface area contributed by atoms with Gasteiger partial charge in [0.2, 0.25) is 9.05 Å². The quantitative estimate of drug-likeness (QED) is 0.777. The zero-order valence-corrected chi connectivity index (χ0v) is 11.8. The van der Waals surface area contributed by atoms with Gasteiger partial charge in [0.25, 0.3) is 0 Å². The van der Waals surface area contributed by atoms with E-state index in [0.717, 1.165) is 16.9 Å². The molecule has 0 aliphatic rings. The molecule has 1 atom stereocenters. The van der Waals surface area contributed by atoms with Crippen molar-refractivity contribution in [3.63, 3.8) is 0 Å². The highest BCUT2D eigenvalue weighted by Gasteiger charge is 2.17. The van der Waals surface area contributed by atoms with Crippen LogP contribution in [-0.4, -0.2) is 20.8 Å². The van der Waals surface area contributed by atoms with Gasteiger partial charge in [-0.05, 0) is 38.3 Å². The monoisotopic (exact) mass is 276 g/mol. The van der Waals surface area contributed by atoms with Gasteiger partial charge in [0.1, 0.15) is 5.75 Å². The van der Waals surface area contributed by atoms with Gasteiger partial charge in [-0.2, -0.15) is 0 Å². The zero-order chi connectivity index (χ0) is 13.1. The number of aryl methyl sites for hydroxylation is 2. The Labute approximate surface area is 107 Å². The van der Waals surface area contributed by atoms with Crippen LogP contribution in [0.1, 0.15) is 24.5 Å². The molecule has 0 aliphatic heterocycles. The van der Waals surface area contributed by atoms with Crippen molar-refractivity contribution < 1.29 is 13.2 Å². The molecule has 0 amide bonds. The Kier molecular flexibility index (Phi) is 4.83. The molecule has 0 fully saturated rings. The standard InChI is InChI=1S/C12H17ClO3S/c1-9-4-7-12(16-3)11(8-9)6-5-10(2)17(13,14)15/h4,7-8,10H,5-6H2,1-3H3. The third-order valence-electron chi connectivity index (χ3n) is 2.74. The average Bonchev–Trinajstić information content (AvgIpc) is 2.24. The third-order valence-corrected chi connectivity index (χ3v) is 4.85. The molecular formula is C12H17ClO3S. The van der Waals surface area contributed by atoms with Crippen LogP contribution in [0.2, 0.25) is 0 Å². The van der Waals surface area contributed by atoms with E-state index in [1.807, 2.05) is 25.1 Å². The van der Waals surface area contributed by atoms with Crippen LogP contribution < -0.4 is 4.74 Å². The predicted octanol–water partition coefficient (Wildman–Crippen LogP) is 2.89. The summed E-state index contributed by atoms with van der Waals surface area (Å²) in [7, 11) is 3.43. The summed E-state index contributed by atoms with van der Waals surface area (Å²) >= 11 is 0. The maximum Gasteiger partial charge on any atom is 0.235 e. The van der Waals surface area contributed by atoms with Crippen molar-refractivity contribution in [2.45, 2.75) is 31.9 Å². The van der Waals surface area contributed by atoms with Gasteiger partial charge in [-0.15, -0.1) is 0 Å². The highest BCUT2D eigenvalue weighted by molar-refractivity contribution is 8.14. The lowest BCUT2D eigenvalue weighted by molar-refractivity contribution is 0.409. The molecule has 0 bridgehead atoms. The summed E-state index contributed by atoms with van der Waals surface area (Å²) < 4.78 is 27.5. The molecule has 96 valence electrons. The van der Waals surface area contributed by atoms with Gasteiger partial charge in [-0.3, -0.25) is 0 Å². The van der Waals surface area contributed by atoms with Crippen molar-refractivity contribution >= 4 is 19.7 Å². The SMILES string of the molecule is COc1ccc(C)cc1CCC(C)S(=O)(=O)Cl. The molecule has 0 saturated carbocycles. The van der Waals surface area contributed by atoms with E-state index in [-0.39, 0.29) is 0 Å². The van der Waals surface area contributed by atoms with Crippen LogP contribution in [0, 0.1) is 6.92 Å². The van der Waals surface area contributed by atoms with E-state index in [4.69, 9.17) is 15.4 Å². The Morgan fingerprint density at radius 1 is 1.41 bits per heavy atom. The summed E-state index contributed by atoms with van der Waals surface area (Å²) in [5.74, 6) is 0.787. The van der Waals surface area contributed by atoms with Gasteiger partial charge in [-0.25, -0.2) is 8.42 Å². The Morgan fingerprint density at radius 3 is 2.59 bits per heavy atom. The fourth-order valence-electron chi connectivity index (χ4n) is 1.60. The summed E-state index contributed by atoms with van der Waals surface area (Å²) in [6.07, 6.45) is 1.13. The minimum atomic E-state index is -3.47. The molecule has 1 aromatic carbocycles. The van der Waals surface area contributed by atoms with Crippen LogP contribution in [0.3, 0.4) is 0 Å². The van der Waals surface area contributed by atoms with Crippen LogP contribution in [0.4, 0.5) is 0 Å². The number of benzene rings is 1. The topological polar surface area (TPSA) is 43.4 Å². The van der Waals surface area contributed by atoms with Gasteiger partial charge in [0.15, 0.2) is 0 Å². The minimum Gasteiger partial charge on any atom is -0.496 e. The van der Waals surface area contributed by atoms with E-state index in [0.29, 0.717) is 12.8 Å². The molecule has 0 spiro atoms. The number of hydrogen-bond acceptors (Lipinski definition) is 3. The van der Waals surface area contributed by atoms with E-state index in [1.54, 1.807) is 14.0 Å². The van der Waals surface area contributed by atoms with Crippen LogP contribution in [0.25, 0.3) is 0 Å². The van der Waals surface area contributed by atoms with Crippen LogP contribution in [0.15, 0.2) is 18.2 Å². The van der Waals surface area contributed by atoms with Crippen molar-refractivity contribution in [2.24, 2.45) is 0 Å². The summed E-state index contributed by atoms with van der Waals surface area (Å²) in [6, 6.07) is 5.86. The fraction of sp³-hybridized carbons (Fsp3) is 0.500. The molecule has 1 aromatic rings. The molecule has 0 saturated heterocycles. The molecule has 1 rings (SSSR count). The molecule has 17 heavy (non-hydrogen) atoms. The van der Waals surface area contributed by atoms with E-state index >= 15 is 0 Å². The highest BCUT2D eigenvalue weighted by Crippen LogP contribution is 2.23. The van der Waals surface area contributed by atoms with Gasteiger partial charge >= 0.3 is 0 Å². The molecule has 1 unspecified atom stereocenters. The summed E-state index contributed by atoms with van der Waals surface area (Å²) in [4.78, 5) is 0. The lowest BCUT2D eigenvalue weighted by atomic mass is 10.0. The Morgan fingerprint density at radius 2 is 2.06 bits per heavy atom. The summed E-state index contributed by atoms with van der Waals surface area (Å²) in [5, 5.41) is -0.547. The van der Waals surface area contributed by atoms with Crippen LogP contribution in [0.5, 0.6) is 5.75 Å². The molecule has 0 heterocycles. The largest absolute Gasteiger partial charge is 0.496 e. The lowest BCUT2D eigenvalue weighted by Crippen LogP contribution is -2.12. The first-order valence-electron chi connectivity index (χ1n) is 5.41. The number of rotatable bonds is 5.